The molecule has 7 heavy (non-hydrogen) atoms. The van der Waals surface area contributed by atoms with E-state index in [0.29, 0.717) is 0 Å². The van der Waals surface area contributed by atoms with Crippen LogP contribution in [0.25, 0.3) is 0 Å². The first-order valence-electron chi connectivity index (χ1n) is 1.59. The van der Waals surface area contributed by atoms with Gasteiger partial charge in [-0.25, -0.2) is 0 Å². The second-order valence-electron chi connectivity index (χ2n) is 0.989. The fourth-order valence-corrected chi connectivity index (χ4v) is 3.15. The van der Waals surface area contributed by atoms with Crippen molar-refractivity contribution in [3.63, 3.8) is 0 Å². The number of rotatable bonds is 0. The number of hydrogen-bond donors (Lipinski definition) is 0. The predicted molar refractivity (Wildman–Crippen MR) is 38.7 cm³/mol. The highest BCUT2D eigenvalue weighted by molar-refractivity contribution is 9.34. The lowest BCUT2D eigenvalue weighted by atomic mass is 11.0. The lowest BCUT2D eigenvalue weighted by molar-refractivity contribution is 1.37. The van der Waals surface area contributed by atoms with Crippen LogP contribution in [0, 0.1) is 0 Å². The molecule has 0 aliphatic heterocycles. The molecule has 0 amide bonds. The molecule has 4 heteroatoms. The summed E-state index contributed by atoms with van der Waals surface area (Å²) < 4.78 is 0.924. The van der Waals surface area contributed by atoms with Crippen LogP contribution < -0.4 is 0 Å². The Kier molecular flexibility index (Phi) is 1.83. The van der Waals surface area contributed by atoms with Gasteiger partial charge in [-0.05, 0) is 15.9 Å². The van der Waals surface area contributed by atoms with Crippen molar-refractivity contribution in [2.75, 3.05) is 0 Å². The van der Waals surface area contributed by atoms with Gasteiger partial charge in [0.05, 0.1) is 8.90 Å². The summed E-state index contributed by atoms with van der Waals surface area (Å²) in [5, 5.41) is 2.00. The third kappa shape index (κ3) is 1.51. The van der Waals surface area contributed by atoms with Crippen molar-refractivity contribution in [1.29, 1.82) is 0 Å². The van der Waals surface area contributed by atoms with Crippen LogP contribution in [0.5, 0.6) is 0 Å². The molecule has 1 rings (SSSR count). The smallest absolute Gasteiger partial charge is 0.192 e. The fraction of sp³-hybridized carbons (Fsp3) is 0. The summed E-state index contributed by atoms with van der Waals surface area (Å²) in [6.07, 6.45) is 0. The molecule has 38 valence electrons. The lowest BCUT2D eigenvalue weighted by Crippen LogP contribution is -1.50. The van der Waals surface area contributed by atoms with Crippen molar-refractivity contribution in [2.24, 2.45) is 0 Å². The van der Waals surface area contributed by atoms with Crippen LogP contribution in [0.1, 0.15) is 0 Å². The van der Waals surface area contributed by atoms with Crippen LogP contribution in [0.15, 0.2) is 15.5 Å². The first kappa shape index (κ1) is 5.72. The Bertz CT molecular complexity index is 145. The molecule has 0 radical (unpaired) electrons. The van der Waals surface area contributed by atoms with Crippen LogP contribution in [0.2, 0.25) is 0 Å². The van der Waals surface area contributed by atoms with Gasteiger partial charge in [-0.15, -0.1) is 0 Å². The second kappa shape index (κ2) is 2.24. The van der Waals surface area contributed by atoms with Crippen molar-refractivity contribution in [3.05, 3.63) is 15.5 Å². The molecule has 1 unspecified atom stereocenters. The molecule has 0 aliphatic rings. The zero-order valence-corrected chi connectivity index (χ0v) is 7.25. The first-order valence-corrected chi connectivity index (χ1v) is 5.57. The predicted octanol–water partition coefficient (Wildman–Crippen LogP) is 2.75. The van der Waals surface area contributed by atoms with E-state index in [2.05, 4.69) is 35.7 Å². The summed E-state index contributed by atoms with van der Waals surface area (Å²) in [5.74, 6) is 0. The lowest BCUT2D eigenvalue weighted by Gasteiger charge is -1.56. The van der Waals surface area contributed by atoms with Crippen LogP contribution >= 0.6 is 39.6 Å². The standard InChI is InChI=1S/C3H2Br2NS/c4-3-1-7(5)2-6-3/h1-2H/q+1. The van der Waals surface area contributed by atoms with E-state index >= 15 is 0 Å². The molecule has 0 N–H and O–H groups in total. The van der Waals surface area contributed by atoms with E-state index in [1.807, 2.05) is 10.9 Å². The Morgan fingerprint density at radius 3 is 2.57 bits per heavy atom. The van der Waals surface area contributed by atoms with E-state index in [1.54, 1.807) is 0 Å². The van der Waals surface area contributed by atoms with Crippen LogP contribution in [0.3, 0.4) is 0 Å². The van der Waals surface area contributed by atoms with E-state index < -0.39 is 0 Å². The number of nitrogens with zero attached hydrogens (tertiary/aromatic N) is 1. The maximum atomic E-state index is 3.94. The van der Waals surface area contributed by atoms with Crippen molar-refractivity contribution in [1.82, 2.24) is 4.98 Å². The quantitative estimate of drug-likeness (QED) is 0.639. The molecule has 0 saturated carbocycles. The Morgan fingerprint density at radius 2 is 2.43 bits per heavy atom. The van der Waals surface area contributed by atoms with E-state index in [1.165, 1.54) is 0 Å². The summed E-state index contributed by atoms with van der Waals surface area (Å²) in [4.78, 5) is 3.94. The molecule has 0 aromatic carbocycles. The Labute approximate surface area is 60.1 Å². The molecule has 0 aliphatic carbocycles. The number of halogens is 2. The first-order chi connectivity index (χ1) is 3.29. The van der Waals surface area contributed by atoms with Gasteiger partial charge in [-0.1, -0.05) is 0 Å². The Morgan fingerprint density at radius 1 is 1.71 bits per heavy atom. The Hall–Kier alpha value is 0.590. The van der Waals surface area contributed by atoms with Gasteiger partial charge in [0.25, 0.3) is 14.8 Å². The molecule has 1 aromatic heterocycles. The van der Waals surface area contributed by atoms with Gasteiger partial charge in [0, 0.05) is 0 Å². The summed E-state index contributed by atoms with van der Waals surface area (Å²) in [7, 11) is 0.109. The SMILES string of the molecule is Brc1c[s+](Br)cn1. The maximum absolute atomic E-state index is 3.94. The minimum absolute atomic E-state index is 0.109. The molecule has 0 saturated heterocycles. The minimum Gasteiger partial charge on any atom is -0.192 e. The topological polar surface area (TPSA) is 12.9 Å². The molecule has 1 heterocycles. The van der Waals surface area contributed by atoms with Crippen molar-refractivity contribution in [3.8, 4) is 0 Å². The van der Waals surface area contributed by atoms with Crippen LogP contribution in [-0.2, 0) is 0 Å². The highest BCUT2D eigenvalue weighted by Gasteiger charge is 1.99. The van der Waals surface area contributed by atoms with Gasteiger partial charge >= 0.3 is 0 Å². The van der Waals surface area contributed by atoms with Crippen LogP contribution in [0.4, 0.5) is 0 Å². The molecule has 1 aromatic rings. The molecule has 0 bridgehead atoms. The largest absolute Gasteiger partial charge is 0.269 e. The zero-order chi connectivity index (χ0) is 5.28. The second-order valence-corrected chi connectivity index (χ2v) is 5.12. The normalized spacial score (nSPS) is 12.0. The maximum Gasteiger partial charge on any atom is 0.269 e. The third-order valence-corrected chi connectivity index (χ3v) is 3.04. The summed E-state index contributed by atoms with van der Waals surface area (Å²) in [5.41, 5.74) is 1.85. The monoisotopic (exact) mass is 242 g/mol. The zero-order valence-electron chi connectivity index (χ0n) is 3.27. The minimum atomic E-state index is 0.109. The molecular formula is C3H2Br2NS+. The average Bonchev–Trinajstić information content (AvgIpc) is 1.87. The third-order valence-electron chi connectivity index (χ3n) is 0.487. The fourth-order valence-electron chi connectivity index (χ4n) is 0.254. The molecule has 0 spiro atoms. The molecule has 1 atom stereocenters. The van der Waals surface area contributed by atoms with Crippen molar-refractivity contribution in [2.45, 2.75) is 0 Å². The van der Waals surface area contributed by atoms with Gasteiger partial charge in [-0.3, -0.25) is 0 Å². The highest BCUT2D eigenvalue weighted by atomic mass is 79.9. The van der Waals surface area contributed by atoms with E-state index in [9.17, 15) is 0 Å². The number of thiazole rings is 1. The van der Waals surface area contributed by atoms with Crippen LogP contribution in [-0.4, -0.2) is 4.98 Å². The van der Waals surface area contributed by atoms with Crippen molar-refractivity contribution < 1.29 is 0 Å². The Balaban J connectivity index is 3.04. The van der Waals surface area contributed by atoms with E-state index in [-0.39, 0.29) is 8.90 Å². The molecular weight excluding hydrogens is 242 g/mol. The molecule has 0 fully saturated rings. The van der Waals surface area contributed by atoms with E-state index in [4.69, 9.17) is 0 Å². The highest BCUT2D eigenvalue weighted by Crippen LogP contribution is 2.26. The number of hydrogen-bond acceptors (Lipinski definition) is 1. The van der Waals surface area contributed by atoms with Gasteiger partial charge in [0.2, 0.25) is 5.51 Å². The van der Waals surface area contributed by atoms with E-state index in [0.717, 1.165) is 4.60 Å². The van der Waals surface area contributed by atoms with Gasteiger partial charge in [-0.2, -0.15) is 4.98 Å². The molecule has 1 nitrogen and oxygen atoms in total. The van der Waals surface area contributed by atoms with Gasteiger partial charge in [0.15, 0.2) is 9.98 Å². The summed E-state index contributed by atoms with van der Waals surface area (Å²) in [6.45, 7) is 0. The summed E-state index contributed by atoms with van der Waals surface area (Å²) >= 11 is 6.57. The van der Waals surface area contributed by atoms with Gasteiger partial charge in [0.1, 0.15) is 0 Å². The van der Waals surface area contributed by atoms with Gasteiger partial charge < -0.3 is 0 Å². The number of aromatic nitrogens is 1. The summed E-state index contributed by atoms with van der Waals surface area (Å²) in [6, 6.07) is 0. The average molecular weight is 244 g/mol. The van der Waals surface area contributed by atoms with Crippen molar-refractivity contribution >= 4 is 39.6 Å².